The molecule has 0 fully saturated rings. The Hall–Kier alpha value is -1.90. The predicted octanol–water partition coefficient (Wildman–Crippen LogP) is 2.97. The second kappa shape index (κ2) is 4.95. The summed E-state index contributed by atoms with van der Waals surface area (Å²) in [5.74, 6) is -0.312. The van der Waals surface area contributed by atoms with Gasteiger partial charge in [0.1, 0.15) is 0 Å². The number of fused-ring (bicyclic) bond motifs is 1. The highest BCUT2D eigenvalue weighted by molar-refractivity contribution is 5.94. The molecule has 0 saturated carbocycles. The summed E-state index contributed by atoms with van der Waals surface area (Å²) in [6.45, 7) is 2.13. The molecule has 0 bridgehead atoms. The standard InChI is InChI=1S/C14H15NO2/c1-3-4-10-7-12-8-11(14(16)17-2)5-6-13(12)15-9-10/h5-9H,3-4H2,1-2H3. The number of hydrogen-bond acceptors (Lipinski definition) is 3. The van der Waals surface area contributed by atoms with Gasteiger partial charge in [0.2, 0.25) is 0 Å². The third-order valence-electron chi connectivity index (χ3n) is 2.70. The lowest BCUT2D eigenvalue weighted by molar-refractivity contribution is 0.0601. The number of carbonyl (C=O) groups is 1. The van der Waals surface area contributed by atoms with Gasteiger partial charge in [-0.25, -0.2) is 4.79 Å². The summed E-state index contributed by atoms with van der Waals surface area (Å²) in [7, 11) is 1.39. The summed E-state index contributed by atoms with van der Waals surface area (Å²) < 4.78 is 4.70. The molecule has 2 aromatic rings. The molecule has 0 atom stereocenters. The lowest BCUT2D eigenvalue weighted by atomic mass is 10.1. The zero-order valence-corrected chi connectivity index (χ0v) is 10.1. The number of hydrogen-bond donors (Lipinski definition) is 0. The molecular weight excluding hydrogens is 214 g/mol. The van der Waals surface area contributed by atoms with Crippen LogP contribution in [0.5, 0.6) is 0 Å². The highest BCUT2D eigenvalue weighted by Crippen LogP contribution is 2.17. The second-order valence-corrected chi connectivity index (χ2v) is 3.99. The molecule has 0 radical (unpaired) electrons. The van der Waals surface area contributed by atoms with Crippen molar-refractivity contribution in [3.8, 4) is 0 Å². The monoisotopic (exact) mass is 229 g/mol. The molecule has 0 N–H and O–H groups in total. The number of rotatable bonds is 3. The van der Waals surface area contributed by atoms with E-state index in [0.29, 0.717) is 5.56 Å². The van der Waals surface area contributed by atoms with Crippen LogP contribution in [0.3, 0.4) is 0 Å². The van der Waals surface area contributed by atoms with Gasteiger partial charge in [-0.2, -0.15) is 0 Å². The Kier molecular flexibility index (Phi) is 3.38. The third-order valence-corrected chi connectivity index (χ3v) is 2.70. The topological polar surface area (TPSA) is 39.2 Å². The summed E-state index contributed by atoms with van der Waals surface area (Å²) >= 11 is 0. The van der Waals surface area contributed by atoms with Gasteiger partial charge in [0, 0.05) is 11.6 Å². The second-order valence-electron chi connectivity index (χ2n) is 3.99. The van der Waals surface area contributed by atoms with Gasteiger partial charge in [-0.05, 0) is 36.2 Å². The third kappa shape index (κ3) is 2.44. The van der Waals surface area contributed by atoms with E-state index in [2.05, 4.69) is 18.0 Å². The number of carbonyl (C=O) groups excluding carboxylic acids is 1. The zero-order chi connectivity index (χ0) is 12.3. The number of aromatic nitrogens is 1. The molecule has 3 nitrogen and oxygen atoms in total. The van der Waals surface area contributed by atoms with Crippen LogP contribution in [0.1, 0.15) is 29.3 Å². The number of esters is 1. The summed E-state index contributed by atoms with van der Waals surface area (Å²) in [5.41, 5.74) is 2.66. The smallest absolute Gasteiger partial charge is 0.337 e. The number of methoxy groups -OCH3 is 1. The fraction of sp³-hybridized carbons (Fsp3) is 0.286. The molecule has 0 aliphatic carbocycles. The molecule has 17 heavy (non-hydrogen) atoms. The van der Waals surface area contributed by atoms with Crippen LogP contribution in [-0.4, -0.2) is 18.1 Å². The van der Waals surface area contributed by atoms with Crippen LogP contribution in [0.15, 0.2) is 30.5 Å². The first kappa shape index (κ1) is 11.6. The Balaban J connectivity index is 2.46. The molecule has 0 aliphatic heterocycles. The van der Waals surface area contributed by atoms with Crippen molar-refractivity contribution in [1.82, 2.24) is 4.98 Å². The van der Waals surface area contributed by atoms with Crippen molar-refractivity contribution in [2.75, 3.05) is 7.11 Å². The Morgan fingerprint density at radius 2 is 2.18 bits per heavy atom. The van der Waals surface area contributed by atoms with Crippen LogP contribution >= 0.6 is 0 Å². The summed E-state index contributed by atoms with van der Waals surface area (Å²) in [5, 5.41) is 0.985. The minimum atomic E-state index is -0.312. The van der Waals surface area contributed by atoms with Gasteiger partial charge in [-0.1, -0.05) is 13.3 Å². The molecule has 1 aromatic heterocycles. The summed E-state index contributed by atoms with van der Waals surface area (Å²) in [6, 6.07) is 7.49. The van der Waals surface area contributed by atoms with Crippen molar-refractivity contribution in [1.29, 1.82) is 0 Å². The van der Waals surface area contributed by atoms with Gasteiger partial charge < -0.3 is 4.74 Å². The summed E-state index contributed by atoms with van der Waals surface area (Å²) in [4.78, 5) is 15.8. The first-order valence-electron chi connectivity index (χ1n) is 5.71. The Bertz CT molecular complexity index is 549. The average molecular weight is 229 g/mol. The van der Waals surface area contributed by atoms with Gasteiger partial charge in [-0.15, -0.1) is 0 Å². The van der Waals surface area contributed by atoms with E-state index in [9.17, 15) is 4.79 Å². The van der Waals surface area contributed by atoms with Gasteiger partial charge in [0.25, 0.3) is 0 Å². The minimum Gasteiger partial charge on any atom is -0.465 e. The Morgan fingerprint density at radius 3 is 2.88 bits per heavy atom. The van der Waals surface area contributed by atoms with Crippen LogP contribution in [0.4, 0.5) is 0 Å². The van der Waals surface area contributed by atoms with Crippen molar-refractivity contribution in [3.63, 3.8) is 0 Å². The number of nitrogens with zero attached hydrogens (tertiary/aromatic N) is 1. The van der Waals surface area contributed by atoms with Gasteiger partial charge in [0.15, 0.2) is 0 Å². The summed E-state index contributed by atoms with van der Waals surface area (Å²) in [6.07, 6.45) is 3.99. The van der Waals surface area contributed by atoms with E-state index < -0.39 is 0 Å². The Labute approximate surface area is 100 Å². The van der Waals surface area contributed by atoms with Gasteiger partial charge >= 0.3 is 5.97 Å². The van der Waals surface area contributed by atoms with E-state index in [-0.39, 0.29) is 5.97 Å². The molecule has 88 valence electrons. The molecule has 0 unspecified atom stereocenters. The quantitative estimate of drug-likeness (QED) is 0.759. The molecule has 0 amide bonds. The van der Waals surface area contributed by atoms with E-state index in [0.717, 1.165) is 23.7 Å². The fourth-order valence-corrected chi connectivity index (χ4v) is 1.85. The molecule has 0 saturated heterocycles. The maximum Gasteiger partial charge on any atom is 0.337 e. The van der Waals surface area contributed by atoms with E-state index in [4.69, 9.17) is 4.74 Å². The molecular formula is C14H15NO2. The number of aryl methyl sites for hydroxylation is 1. The predicted molar refractivity (Wildman–Crippen MR) is 67.1 cm³/mol. The van der Waals surface area contributed by atoms with Crippen molar-refractivity contribution in [3.05, 3.63) is 41.6 Å². The molecule has 1 aromatic carbocycles. The average Bonchev–Trinajstić information content (AvgIpc) is 2.37. The fourth-order valence-electron chi connectivity index (χ4n) is 1.85. The van der Waals surface area contributed by atoms with Crippen molar-refractivity contribution >= 4 is 16.9 Å². The first-order valence-corrected chi connectivity index (χ1v) is 5.71. The Morgan fingerprint density at radius 1 is 1.35 bits per heavy atom. The molecule has 0 spiro atoms. The van der Waals surface area contributed by atoms with Crippen molar-refractivity contribution in [2.24, 2.45) is 0 Å². The number of ether oxygens (including phenoxy) is 1. The van der Waals surface area contributed by atoms with Crippen LogP contribution < -0.4 is 0 Å². The maximum atomic E-state index is 11.4. The van der Waals surface area contributed by atoms with E-state index >= 15 is 0 Å². The van der Waals surface area contributed by atoms with Crippen LogP contribution in [-0.2, 0) is 11.2 Å². The van der Waals surface area contributed by atoms with Gasteiger partial charge in [0.05, 0.1) is 18.2 Å². The minimum absolute atomic E-state index is 0.312. The molecule has 1 heterocycles. The maximum absolute atomic E-state index is 11.4. The molecule has 3 heteroatoms. The first-order chi connectivity index (χ1) is 8.24. The van der Waals surface area contributed by atoms with E-state index in [1.165, 1.54) is 12.7 Å². The molecule has 2 rings (SSSR count). The van der Waals surface area contributed by atoms with Crippen LogP contribution in [0.2, 0.25) is 0 Å². The van der Waals surface area contributed by atoms with Crippen LogP contribution in [0, 0.1) is 0 Å². The van der Waals surface area contributed by atoms with E-state index in [1.54, 1.807) is 6.07 Å². The highest BCUT2D eigenvalue weighted by atomic mass is 16.5. The van der Waals surface area contributed by atoms with Crippen molar-refractivity contribution < 1.29 is 9.53 Å². The largest absolute Gasteiger partial charge is 0.465 e. The van der Waals surface area contributed by atoms with Gasteiger partial charge in [-0.3, -0.25) is 4.98 Å². The SMILES string of the molecule is CCCc1cnc2ccc(C(=O)OC)cc2c1. The lowest BCUT2D eigenvalue weighted by Gasteiger charge is -2.04. The zero-order valence-electron chi connectivity index (χ0n) is 10.1. The van der Waals surface area contributed by atoms with Crippen molar-refractivity contribution in [2.45, 2.75) is 19.8 Å². The number of pyridine rings is 1. The van der Waals surface area contributed by atoms with Crippen LogP contribution in [0.25, 0.3) is 10.9 Å². The van der Waals surface area contributed by atoms with E-state index in [1.807, 2.05) is 18.3 Å². The normalized spacial score (nSPS) is 10.5. The lowest BCUT2D eigenvalue weighted by Crippen LogP contribution is -2.00. The molecule has 0 aliphatic rings. The highest BCUT2D eigenvalue weighted by Gasteiger charge is 2.06. The number of benzene rings is 1.